The first kappa shape index (κ1) is 19.5. The third kappa shape index (κ3) is 3.88. The van der Waals surface area contributed by atoms with E-state index in [9.17, 15) is 9.59 Å². The number of carbonyl (C=O) groups is 2. The number of amides is 2. The van der Waals surface area contributed by atoms with Crippen LogP contribution in [-0.2, 0) is 0 Å². The van der Waals surface area contributed by atoms with E-state index in [0.717, 1.165) is 0 Å². The summed E-state index contributed by atoms with van der Waals surface area (Å²) in [5.41, 5.74) is 1.06. The second kappa shape index (κ2) is 8.65. The number of hydrogen-bond acceptors (Lipinski definition) is 5. The van der Waals surface area contributed by atoms with Crippen molar-refractivity contribution in [2.45, 2.75) is 0 Å². The predicted octanol–water partition coefficient (Wildman–Crippen LogP) is 2.31. The minimum Gasteiger partial charge on any atom is -0.497 e. The molecular formula is C21H24N2O5. The first-order valence-corrected chi connectivity index (χ1v) is 9.02. The molecule has 148 valence electrons. The highest BCUT2D eigenvalue weighted by Gasteiger charge is 2.27. The summed E-state index contributed by atoms with van der Waals surface area (Å²) in [5.74, 6) is 1.47. The number of benzene rings is 2. The van der Waals surface area contributed by atoms with Crippen molar-refractivity contribution in [3.63, 3.8) is 0 Å². The van der Waals surface area contributed by atoms with Gasteiger partial charge < -0.3 is 24.0 Å². The van der Waals surface area contributed by atoms with Crippen LogP contribution in [0.5, 0.6) is 17.2 Å². The molecule has 0 spiro atoms. The molecule has 1 saturated heterocycles. The molecule has 7 nitrogen and oxygen atoms in total. The van der Waals surface area contributed by atoms with Crippen LogP contribution in [0.15, 0.2) is 42.5 Å². The van der Waals surface area contributed by atoms with E-state index < -0.39 is 0 Å². The highest BCUT2D eigenvalue weighted by molar-refractivity contribution is 5.98. The fourth-order valence-electron chi connectivity index (χ4n) is 3.25. The molecule has 1 heterocycles. The van der Waals surface area contributed by atoms with E-state index in [1.165, 1.54) is 14.2 Å². The van der Waals surface area contributed by atoms with E-state index in [1.807, 2.05) is 0 Å². The summed E-state index contributed by atoms with van der Waals surface area (Å²) in [6.07, 6.45) is 0. The Morgan fingerprint density at radius 1 is 0.750 bits per heavy atom. The summed E-state index contributed by atoms with van der Waals surface area (Å²) in [6.45, 7) is 1.87. The van der Waals surface area contributed by atoms with Crippen LogP contribution in [0.25, 0.3) is 0 Å². The Balaban J connectivity index is 1.66. The quantitative estimate of drug-likeness (QED) is 0.791. The van der Waals surface area contributed by atoms with E-state index in [-0.39, 0.29) is 11.8 Å². The lowest BCUT2D eigenvalue weighted by atomic mass is 10.1. The largest absolute Gasteiger partial charge is 0.497 e. The molecule has 0 N–H and O–H groups in total. The van der Waals surface area contributed by atoms with Crippen molar-refractivity contribution in [3.05, 3.63) is 53.6 Å². The normalized spacial score (nSPS) is 13.8. The van der Waals surface area contributed by atoms with Gasteiger partial charge in [0.25, 0.3) is 11.8 Å². The van der Waals surface area contributed by atoms with Crippen molar-refractivity contribution in [2.75, 3.05) is 47.5 Å². The standard InChI is InChI=1S/C21H24N2O5/c1-26-16-9-7-15(8-10-16)20(24)22-11-13-23(14-12-22)21(25)17-5-4-6-18(27-2)19(17)28-3/h4-10H,11-14H2,1-3H3. The molecule has 2 aromatic carbocycles. The fourth-order valence-corrected chi connectivity index (χ4v) is 3.25. The van der Waals surface area contributed by atoms with Gasteiger partial charge in [-0.25, -0.2) is 0 Å². The SMILES string of the molecule is COc1ccc(C(=O)N2CCN(C(=O)c3cccc(OC)c3OC)CC2)cc1. The molecule has 2 amide bonds. The lowest BCUT2D eigenvalue weighted by molar-refractivity contribution is 0.0533. The van der Waals surface area contributed by atoms with E-state index in [2.05, 4.69) is 0 Å². The molecule has 0 bridgehead atoms. The smallest absolute Gasteiger partial charge is 0.257 e. The maximum absolute atomic E-state index is 12.9. The minimum atomic E-state index is -0.132. The Kier molecular flexibility index (Phi) is 6.03. The Morgan fingerprint density at radius 3 is 1.89 bits per heavy atom. The van der Waals surface area contributed by atoms with Crippen LogP contribution in [0, 0.1) is 0 Å². The molecule has 1 aliphatic heterocycles. The van der Waals surface area contributed by atoms with Crippen LogP contribution < -0.4 is 14.2 Å². The molecule has 1 fully saturated rings. The number of piperazine rings is 1. The molecule has 3 rings (SSSR count). The summed E-state index contributed by atoms with van der Waals surface area (Å²) in [7, 11) is 4.64. The zero-order chi connectivity index (χ0) is 20.1. The molecular weight excluding hydrogens is 360 g/mol. The zero-order valence-corrected chi connectivity index (χ0v) is 16.3. The minimum absolute atomic E-state index is 0.0475. The van der Waals surface area contributed by atoms with Crippen molar-refractivity contribution in [3.8, 4) is 17.2 Å². The van der Waals surface area contributed by atoms with Crippen LogP contribution in [0.1, 0.15) is 20.7 Å². The first-order chi connectivity index (χ1) is 13.6. The van der Waals surface area contributed by atoms with Gasteiger partial charge in [-0.3, -0.25) is 9.59 Å². The molecule has 2 aromatic rings. The third-order valence-corrected chi connectivity index (χ3v) is 4.82. The number of carbonyl (C=O) groups excluding carboxylic acids is 2. The third-order valence-electron chi connectivity index (χ3n) is 4.82. The van der Waals surface area contributed by atoms with Gasteiger partial charge in [0.2, 0.25) is 0 Å². The van der Waals surface area contributed by atoms with E-state index >= 15 is 0 Å². The topological polar surface area (TPSA) is 68.3 Å². The highest BCUT2D eigenvalue weighted by Crippen LogP contribution is 2.31. The molecule has 7 heteroatoms. The molecule has 0 aliphatic carbocycles. The van der Waals surface area contributed by atoms with Crippen LogP contribution in [0.4, 0.5) is 0 Å². The summed E-state index contributed by atoms with van der Waals surface area (Å²) in [5, 5.41) is 0. The monoisotopic (exact) mass is 384 g/mol. The Hall–Kier alpha value is -3.22. The number of rotatable bonds is 5. The number of para-hydroxylation sites is 1. The van der Waals surface area contributed by atoms with Crippen molar-refractivity contribution in [1.29, 1.82) is 0 Å². The lowest BCUT2D eigenvalue weighted by Crippen LogP contribution is -2.50. The zero-order valence-electron chi connectivity index (χ0n) is 16.3. The van der Waals surface area contributed by atoms with Gasteiger partial charge in [0, 0.05) is 31.7 Å². The van der Waals surface area contributed by atoms with Crippen molar-refractivity contribution >= 4 is 11.8 Å². The lowest BCUT2D eigenvalue weighted by Gasteiger charge is -2.35. The summed E-state index contributed by atoms with van der Waals surface area (Å²) < 4.78 is 15.8. The van der Waals surface area contributed by atoms with Crippen LogP contribution >= 0.6 is 0 Å². The van der Waals surface area contributed by atoms with Gasteiger partial charge in [-0.1, -0.05) is 6.07 Å². The molecule has 0 aromatic heterocycles. The van der Waals surface area contributed by atoms with Gasteiger partial charge in [0.15, 0.2) is 11.5 Å². The van der Waals surface area contributed by atoms with Gasteiger partial charge in [-0.2, -0.15) is 0 Å². The first-order valence-electron chi connectivity index (χ1n) is 9.02. The van der Waals surface area contributed by atoms with Gasteiger partial charge >= 0.3 is 0 Å². The Morgan fingerprint density at radius 2 is 1.36 bits per heavy atom. The van der Waals surface area contributed by atoms with Gasteiger partial charge in [0.1, 0.15) is 5.75 Å². The summed E-state index contributed by atoms with van der Waals surface area (Å²) in [4.78, 5) is 29.1. The average molecular weight is 384 g/mol. The number of nitrogens with zero attached hydrogens (tertiary/aromatic N) is 2. The Labute approximate surface area is 164 Å². The summed E-state index contributed by atoms with van der Waals surface area (Å²) in [6, 6.07) is 12.3. The summed E-state index contributed by atoms with van der Waals surface area (Å²) >= 11 is 0. The second-order valence-corrected chi connectivity index (χ2v) is 6.35. The van der Waals surface area contributed by atoms with E-state index in [4.69, 9.17) is 14.2 Å². The maximum atomic E-state index is 12.9. The predicted molar refractivity (Wildman–Crippen MR) is 104 cm³/mol. The van der Waals surface area contributed by atoms with E-state index in [1.54, 1.807) is 59.4 Å². The number of hydrogen-bond donors (Lipinski definition) is 0. The van der Waals surface area contributed by atoms with Crippen molar-refractivity contribution < 1.29 is 23.8 Å². The van der Waals surface area contributed by atoms with Crippen molar-refractivity contribution in [2.24, 2.45) is 0 Å². The number of ether oxygens (including phenoxy) is 3. The molecule has 28 heavy (non-hydrogen) atoms. The van der Waals surface area contributed by atoms with Crippen molar-refractivity contribution in [1.82, 2.24) is 9.80 Å². The van der Waals surface area contributed by atoms with Gasteiger partial charge in [-0.15, -0.1) is 0 Å². The van der Waals surface area contributed by atoms with E-state index in [0.29, 0.717) is 54.6 Å². The van der Waals surface area contributed by atoms with Crippen LogP contribution in [0.2, 0.25) is 0 Å². The molecule has 0 atom stereocenters. The molecule has 1 aliphatic rings. The number of methoxy groups -OCH3 is 3. The second-order valence-electron chi connectivity index (χ2n) is 6.35. The van der Waals surface area contributed by atoms with Gasteiger partial charge in [-0.05, 0) is 36.4 Å². The molecule has 0 unspecified atom stereocenters. The maximum Gasteiger partial charge on any atom is 0.257 e. The van der Waals surface area contributed by atoms with Gasteiger partial charge in [0.05, 0.1) is 26.9 Å². The molecule has 0 saturated carbocycles. The molecule has 0 radical (unpaired) electrons. The average Bonchev–Trinajstić information content (AvgIpc) is 2.77. The fraction of sp³-hybridized carbons (Fsp3) is 0.333. The Bertz CT molecular complexity index is 842. The van der Waals surface area contributed by atoms with Crippen LogP contribution in [0.3, 0.4) is 0 Å². The highest BCUT2D eigenvalue weighted by atomic mass is 16.5. The van der Waals surface area contributed by atoms with Crippen LogP contribution in [-0.4, -0.2) is 69.1 Å².